The van der Waals surface area contributed by atoms with Gasteiger partial charge in [-0.1, -0.05) is 48.0 Å². The summed E-state index contributed by atoms with van der Waals surface area (Å²) >= 11 is 0. The van der Waals surface area contributed by atoms with Gasteiger partial charge < -0.3 is 4.57 Å². The topological polar surface area (TPSA) is 4.93 Å². The zero-order chi connectivity index (χ0) is 13.4. The van der Waals surface area contributed by atoms with Crippen molar-refractivity contribution in [2.45, 2.75) is 26.8 Å². The maximum absolute atomic E-state index is 2.35. The van der Waals surface area contributed by atoms with E-state index in [4.69, 9.17) is 0 Å². The van der Waals surface area contributed by atoms with E-state index in [2.05, 4.69) is 80.1 Å². The number of aromatic nitrogens is 1. The van der Waals surface area contributed by atoms with Gasteiger partial charge in [-0.05, 0) is 32.4 Å². The third-order valence-corrected chi connectivity index (χ3v) is 3.66. The van der Waals surface area contributed by atoms with Crippen molar-refractivity contribution < 1.29 is 0 Å². The predicted molar refractivity (Wildman–Crippen MR) is 82.5 cm³/mol. The Bertz CT molecular complexity index is 702. The van der Waals surface area contributed by atoms with Gasteiger partial charge in [0.1, 0.15) is 0 Å². The smallest absolute Gasteiger partial charge is 0.0489 e. The largest absolute Gasteiger partial charge is 0.344 e. The van der Waals surface area contributed by atoms with Gasteiger partial charge in [0.05, 0.1) is 0 Å². The molecule has 0 spiro atoms. The lowest BCUT2D eigenvalue weighted by molar-refractivity contribution is 0.623. The predicted octanol–water partition coefficient (Wildman–Crippen LogP) is 5.20. The summed E-state index contributed by atoms with van der Waals surface area (Å²) in [5.41, 5.74) is 5.23. The Morgan fingerprint density at radius 1 is 0.895 bits per heavy atom. The lowest BCUT2D eigenvalue weighted by atomic mass is 10.0. The SMILES string of the molecule is Cc1ccc(-c2cn(C(C)C)c3ccccc23)cc1. The molecule has 0 bridgehead atoms. The summed E-state index contributed by atoms with van der Waals surface area (Å²) in [7, 11) is 0. The molecule has 1 nitrogen and oxygen atoms in total. The first-order valence-electron chi connectivity index (χ1n) is 6.83. The molecule has 1 aromatic heterocycles. The zero-order valence-corrected chi connectivity index (χ0v) is 11.7. The summed E-state index contributed by atoms with van der Waals surface area (Å²) < 4.78 is 2.35. The summed E-state index contributed by atoms with van der Waals surface area (Å²) in [6.07, 6.45) is 2.28. The number of benzene rings is 2. The number of para-hydroxylation sites is 1. The highest BCUT2D eigenvalue weighted by molar-refractivity contribution is 5.96. The lowest BCUT2D eigenvalue weighted by Crippen LogP contribution is -1.97. The van der Waals surface area contributed by atoms with Crippen molar-refractivity contribution in [3.8, 4) is 11.1 Å². The number of hydrogen-bond acceptors (Lipinski definition) is 0. The second kappa shape index (κ2) is 4.58. The Hall–Kier alpha value is -2.02. The first-order valence-corrected chi connectivity index (χ1v) is 6.83. The summed E-state index contributed by atoms with van der Waals surface area (Å²) in [4.78, 5) is 0. The minimum Gasteiger partial charge on any atom is -0.344 e. The molecule has 1 heterocycles. The highest BCUT2D eigenvalue weighted by Crippen LogP contribution is 2.32. The first-order chi connectivity index (χ1) is 9.16. The average molecular weight is 249 g/mol. The summed E-state index contributed by atoms with van der Waals surface area (Å²) in [5.74, 6) is 0. The quantitative estimate of drug-likeness (QED) is 0.588. The number of aryl methyl sites for hydroxylation is 1. The van der Waals surface area contributed by atoms with Crippen LogP contribution in [0.3, 0.4) is 0 Å². The van der Waals surface area contributed by atoms with Crippen LogP contribution in [0.1, 0.15) is 25.5 Å². The molecule has 0 aliphatic carbocycles. The van der Waals surface area contributed by atoms with Crippen molar-refractivity contribution in [1.29, 1.82) is 0 Å². The van der Waals surface area contributed by atoms with Crippen LogP contribution in [0.5, 0.6) is 0 Å². The molecule has 0 N–H and O–H groups in total. The van der Waals surface area contributed by atoms with Gasteiger partial charge in [0.15, 0.2) is 0 Å². The summed E-state index contributed by atoms with van der Waals surface area (Å²) in [6.45, 7) is 6.58. The van der Waals surface area contributed by atoms with Crippen LogP contribution in [0.25, 0.3) is 22.0 Å². The number of nitrogens with zero attached hydrogens (tertiary/aromatic N) is 1. The third kappa shape index (κ3) is 2.06. The monoisotopic (exact) mass is 249 g/mol. The fourth-order valence-corrected chi connectivity index (χ4v) is 2.60. The molecule has 0 fully saturated rings. The van der Waals surface area contributed by atoms with E-state index in [-0.39, 0.29) is 0 Å². The van der Waals surface area contributed by atoms with E-state index >= 15 is 0 Å². The first kappa shape index (κ1) is 12.0. The normalized spacial score (nSPS) is 11.4. The molecular formula is C18H19N. The molecule has 3 aromatic rings. The van der Waals surface area contributed by atoms with E-state index in [0.29, 0.717) is 6.04 Å². The average Bonchev–Trinajstić information content (AvgIpc) is 2.79. The van der Waals surface area contributed by atoms with Crippen molar-refractivity contribution >= 4 is 10.9 Å². The van der Waals surface area contributed by atoms with Gasteiger partial charge in [-0.3, -0.25) is 0 Å². The van der Waals surface area contributed by atoms with Crippen LogP contribution in [-0.2, 0) is 0 Å². The maximum atomic E-state index is 2.35. The molecule has 3 rings (SSSR count). The molecule has 19 heavy (non-hydrogen) atoms. The number of hydrogen-bond donors (Lipinski definition) is 0. The van der Waals surface area contributed by atoms with Crippen LogP contribution in [0.15, 0.2) is 54.7 Å². The van der Waals surface area contributed by atoms with Gasteiger partial charge in [-0.15, -0.1) is 0 Å². The van der Waals surface area contributed by atoms with E-state index < -0.39 is 0 Å². The number of fused-ring (bicyclic) bond motifs is 1. The Kier molecular flexibility index (Phi) is 2.90. The van der Waals surface area contributed by atoms with Gasteiger partial charge in [0, 0.05) is 28.7 Å². The van der Waals surface area contributed by atoms with Crippen LogP contribution in [0.4, 0.5) is 0 Å². The molecule has 96 valence electrons. The van der Waals surface area contributed by atoms with Crippen LogP contribution in [-0.4, -0.2) is 4.57 Å². The highest BCUT2D eigenvalue weighted by atomic mass is 15.0. The Morgan fingerprint density at radius 2 is 1.58 bits per heavy atom. The van der Waals surface area contributed by atoms with Crippen molar-refractivity contribution in [3.63, 3.8) is 0 Å². The van der Waals surface area contributed by atoms with Crippen molar-refractivity contribution in [1.82, 2.24) is 4.57 Å². The van der Waals surface area contributed by atoms with Gasteiger partial charge >= 0.3 is 0 Å². The maximum Gasteiger partial charge on any atom is 0.0489 e. The Labute approximate surface area is 114 Å². The second-order valence-corrected chi connectivity index (χ2v) is 5.43. The van der Waals surface area contributed by atoms with Crippen LogP contribution < -0.4 is 0 Å². The molecule has 0 unspecified atom stereocenters. The lowest BCUT2D eigenvalue weighted by Gasteiger charge is -2.08. The Balaban J connectivity index is 2.26. The van der Waals surface area contributed by atoms with E-state index in [0.717, 1.165) is 0 Å². The minimum absolute atomic E-state index is 0.476. The van der Waals surface area contributed by atoms with Gasteiger partial charge in [-0.2, -0.15) is 0 Å². The summed E-state index contributed by atoms with van der Waals surface area (Å²) in [5, 5.41) is 1.33. The molecule has 0 aliphatic rings. The van der Waals surface area contributed by atoms with Crippen molar-refractivity contribution in [2.24, 2.45) is 0 Å². The minimum atomic E-state index is 0.476. The van der Waals surface area contributed by atoms with Crippen LogP contribution in [0.2, 0.25) is 0 Å². The highest BCUT2D eigenvalue weighted by Gasteiger charge is 2.11. The van der Waals surface area contributed by atoms with E-state index in [1.165, 1.54) is 27.6 Å². The van der Waals surface area contributed by atoms with Crippen molar-refractivity contribution in [3.05, 3.63) is 60.3 Å². The van der Waals surface area contributed by atoms with E-state index in [1.807, 2.05) is 0 Å². The molecule has 0 aliphatic heterocycles. The molecule has 1 heteroatoms. The third-order valence-electron chi connectivity index (χ3n) is 3.66. The second-order valence-electron chi connectivity index (χ2n) is 5.43. The van der Waals surface area contributed by atoms with Gasteiger partial charge in [0.2, 0.25) is 0 Å². The van der Waals surface area contributed by atoms with Crippen LogP contribution >= 0.6 is 0 Å². The molecule has 0 radical (unpaired) electrons. The standard InChI is InChI=1S/C18H19N/c1-13(2)19-12-17(15-10-8-14(3)9-11-15)16-6-4-5-7-18(16)19/h4-13H,1-3H3. The molecule has 2 aromatic carbocycles. The van der Waals surface area contributed by atoms with Gasteiger partial charge in [-0.25, -0.2) is 0 Å². The molecule has 0 amide bonds. The molecule has 0 saturated carbocycles. The van der Waals surface area contributed by atoms with Crippen molar-refractivity contribution in [2.75, 3.05) is 0 Å². The Morgan fingerprint density at radius 3 is 2.26 bits per heavy atom. The molecule has 0 atom stereocenters. The fourth-order valence-electron chi connectivity index (χ4n) is 2.60. The van der Waals surface area contributed by atoms with Gasteiger partial charge in [0.25, 0.3) is 0 Å². The van der Waals surface area contributed by atoms with E-state index in [9.17, 15) is 0 Å². The fraction of sp³-hybridized carbons (Fsp3) is 0.222. The molecular weight excluding hydrogens is 230 g/mol. The van der Waals surface area contributed by atoms with Crippen LogP contribution in [0, 0.1) is 6.92 Å². The van der Waals surface area contributed by atoms with E-state index in [1.54, 1.807) is 0 Å². The molecule has 0 saturated heterocycles. The summed E-state index contributed by atoms with van der Waals surface area (Å²) in [6, 6.07) is 17.9. The zero-order valence-electron chi connectivity index (χ0n) is 11.7. The number of rotatable bonds is 2.